The van der Waals surface area contributed by atoms with Crippen LogP contribution < -0.4 is 5.32 Å². The molecule has 7 nitrogen and oxygen atoms in total. The highest BCUT2D eigenvalue weighted by Crippen LogP contribution is 2.12. The third-order valence-corrected chi connectivity index (χ3v) is 2.94. The SMILES string of the molecule is O=C1NCCCC/C1=N/OCc1ccc([N+](=O)[O-])cc1. The Kier molecular flexibility index (Phi) is 4.65. The molecular weight excluding hydrogens is 262 g/mol. The van der Waals surface area contributed by atoms with Crippen molar-refractivity contribution in [2.45, 2.75) is 25.9 Å². The fraction of sp³-hybridized carbons (Fsp3) is 0.385. The van der Waals surface area contributed by atoms with Gasteiger partial charge in [-0.1, -0.05) is 5.16 Å². The Balaban J connectivity index is 1.91. The van der Waals surface area contributed by atoms with Crippen LogP contribution in [0.3, 0.4) is 0 Å². The van der Waals surface area contributed by atoms with Crippen LogP contribution in [0.5, 0.6) is 0 Å². The lowest BCUT2D eigenvalue weighted by Gasteiger charge is -2.03. The Bertz CT molecular complexity index is 525. The second kappa shape index (κ2) is 6.65. The van der Waals surface area contributed by atoms with Gasteiger partial charge in [-0.2, -0.15) is 0 Å². The third-order valence-electron chi connectivity index (χ3n) is 2.94. The molecule has 1 aromatic carbocycles. The quantitative estimate of drug-likeness (QED) is 0.670. The molecule has 1 aliphatic rings. The number of non-ortho nitro benzene ring substituents is 1. The van der Waals surface area contributed by atoms with E-state index < -0.39 is 4.92 Å². The van der Waals surface area contributed by atoms with E-state index >= 15 is 0 Å². The van der Waals surface area contributed by atoms with Crippen molar-refractivity contribution in [2.24, 2.45) is 5.16 Å². The summed E-state index contributed by atoms with van der Waals surface area (Å²) in [7, 11) is 0. The average molecular weight is 277 g/mol. The van der Waals surface area contributed by atoms with Crippen LogP contribution in [0.4, 0.5) is 5.69 Å². The van der Waals surface area contributed by atoms with Gasteiger partial charge in [0.25, 0.3) is 11.6 Å². The number of oxime groups is 1. The number of nitrogens with zero attached hydrogens (tertiary/aromatic N) is 2. The van der Waals surface area contributed by atoms with E-state index in [1.165, 1.54) is 12.1 Å². The minimum absolute atomic E-state index is 0.0307. The average Bonchev–Trinajstić information content (AvgIpc) is 2.65. The lowest BCUT2D eigenvalue weighted by Crippen LogP contribution is -2.29. The molecule has 1 N–H and O–H groups in total. The van der Waals surface area contributed by atoms with Crippen LogP contribution in [0.25, 0.3) is 0 Å². The van der Waals surface area contributed by atoms with E-state index in [0.717, 1.165) is 18.4 Å². The molecular formula is C13H15N3O4. The summed E-state index contributed by atoms with van der Waals surface area (Å²) < 4.78 is 0. The van der Waals surface area contributed by atoms with Crippen molar-refractivity contribution in [1.29, 1.82) is 0 Å². The number of nitrogens with one attached hydrogen (secondary N) is 1. The predicted octanol–water partition coefficient (Wildman–Crippen LogP) is 1.77. The van der Waals surface area contributed by atoms with Crippen LogP contribution >= 0.6 is 0 Å². The standard InChI is InChI=1S/C13H15N3O4/c17-13-12(3-1-2-8-14-13)15-20-9-10-4-6-11(7-5-10)16(18)19/h4-7H,1-3,8-9H2,(H,14,17)/b15-12-. The zero-order valence-corrected chi connectivity index (χ0v) is 10.9. The van der Waals surface area contributed by atoms with Gasteiger partial charge in [-0.3, -0.25) is 14.9 Å². The molecule has 0 radical (unpaired) electrons. The molecule has 0 unspecified atom stereocenters. The molecule has 0 spiro atoms. The first-order chi connectivity index (χ1) is 9.66. The van der Waals surface area contributed by atoms with Crippen molar-refractivity contribution in [3.05, 3.63) is 39.9 Å². The number of hydrogen-bond acceptors (Lipinski definition) is 5. The van der Waals surface area contributed by atoms with Gasteiger partial charge in [-0.05, 0) is 37.0 Å². The van der Waals surface area contributed by atoms with Gasteiger partial charge < -0.3 is 10.2 Å². The van der Waals surface area contributed by atoms with E-state index in [-0.39, 0.29) is 18.2 Å². The van der Waals surface area contributed by atoms with Gasteiger partial charge in [0, 0.05) is 18.7 Å². The first-order valence-corrected chi connectivity index (χ1v) is 6.37. The number of nitro benzene ring substituents is 1. The van der Waals surface area contributed by atoms with Gasteiger partial charge in [0.2, 0.25) is 0 Å². The van der Waals surface area contributed by atoms with Crippen LogP contribution in [0.1, 0.15) is 24.8 Å². The molecule has 1 amide bonds. The Morgan fingerprint density at radius 3 is 2.75 bits per heavy atom. The molecule has 0 bridgehead atoms. The maximum Gasteiger partial charge on any atom is 0.269 e. The Labute approximate surface area is 115 Å². The normalized spacial score (nSPS) is 17.4. The maximum atomic E-state index is 11.6. The van der Waals surface area contributed by atoms with Gasteiger partial charge in [0.1, 0.15) is 12.3 Å². The summed E-state index contributed by atoms with van der Waals surface area (Å²) in [5.74, 6) is -0.189. The predicted molar refractivity (Wildman–Crippen MR) is 72.2 cm³/mol. The zero-order chi connectivity index (χ0) is 14.4. The molecule has 2 rings (SSSR count). The summed E-state index contributed by atoms with van der Waals surface area (Å²) in [6.07, 6.45) is 2.44. The molecule has 0 saturated carbocycles. The fourth-order valence-electron chi connectivity index (χ4n) is 1.82. The molecule has 1 saturated heterocycles. The largest absolute Gasteiger partial charge is 0.391 e. The van der Waals surface area contributed by atoms with Gasteiger partial charge >= 0.3 is 0 Å². The summed E-state index contributed by atoms with van der Waals surface area (Å²) in [6, 6.07) is 6.02. The van der Waals surface area contributed by atoms with Crippen LogP contribution in [0.2, 0.25) is 0 Å². The van der Waals surface area contributed by atoms with E-state index in [0.29, 0.717) is 18.7 Å². The van der Waals surface area contributed by atoms with E-state index in [9.17, 15) is 14.9 Å². The number of benzene rings is 1. The first-order valence-electron chi connectivity index (χ1n) is 6.37. The molecule has 0 aliphatic carbocycles. The molecule has 7 heteroatoms. The molecule has 0 atom stereocenters. The lowest BCUT2D eigenvalue weighted by atomic mass is 10.2. The monoisotopic (exact) mass is 277 g/mol. The summed E-state index contributed by atoms with van der Waals surface area (Å²) in [6.45, 7) is 0.842. The third kappa shape index (κ3) is 3.78. The Hall–Kier alpha value is -2.44. The van der Waals surface area contributed by atoms with Crippen LogP contribution in [-0.4, -0.2) is 23.1 Å². The summed E-state index contributed by atoms with van der Waals surface area (Å²) in [5.41, 5.74) is 1.18. The summed E-state index contributed by atoms with van der Waals surface area (Å²) in [4.78, 5) is 26.8. The minimum atomic E-state index is -0.458. The van der Waals surface area contributed by atoms with E-state index in [1.807, 2.05) is 0 Å². The number of hydrogen-bond donors (Lipinski definition) is 1. The molecule has 0 aromatic heterocycles. The lowest BCUT2D eigenvalue weighted by molar-refractivity contribution is -0.384. The van der Waals surface area contributed by atoms with Crippen LogP contribution in [-0.2, 0) is 16.2 Å². The highest BCUT2D eigenvalue weighted by Gasteiger charge is 2.15. The van der Waals surface area contributed by atoms with Crippen LogP contribution in [0.15, 0.2) is 29.4 Å². The van der Waals surface area contributed by atoms with Crippen molar-refractivity contribution >= 4 is 17.3 Å². The molecule has 1 fully saturated rings. The van der Waals surface area contributed by atoms with Crippen molar-refractivity contribution in [3.8, 4) is 0 Å². The second-order valence-corrected chi connectivity index (χ2v) is 4.45. The molecule has 1 heterocycles. The van der Waals surface area contributed by atoms with Crippen molar-refractivity contribution in [1.82, 2.24) is 5.32 Å². The van der Waals surface area contributed by atoms with Crippen molar-refractivity contribution in [2.75, 3.05) is 6.54 Å². The molecule has 1 aliphatic heterocycles. The Morgan fingerprint density at radius 2 is 2.05 bits per heavy atom. The molecule has 1 aromatic rings. The summed E-state index contributed by atoms with van der Waals surface area (Å²) in [5, 5.41) is 17.1. The minimum Gasteiger partial charge on any atom is -0.391 e. The van der Waals surface area contributed by atoms with Crippen LogP contribution in [0, 0.1) is 10.1 Å². The smallest absolute Gasteiger partial charge is 0.269 e. The number of carbonyl (C=O) groups excluding carboxylic acids is 1. The van der Waals surface area contributed by atoms with Crippen molar-refractivity contribution in [3.63, 3.8) is 0 Å². The topological polar surface area (TPSA) is 93.8 Å². The number of amides is 1. The van der Waals surface area contributed by atoms with Crippen molar-refractivity contribution < 1.29 is 14.6 Å². The number of rotatable bonds is 4. The number of carbonyl (C=O) groups is 1. The second-order valence-electron chi connectivity index (χ2n) is 4.45. The van der Waals surface area contributed by atoms with Gasteiger partial charge in [0.15, 0.2) is 0 Å². The molecule has 20 heavy (non-hydrogen) atoms. The first kappa shape index (κ1) is 14.0. The van der Waals surface area contributed by atoms with Gasteiger partial charge in [-0.25, -0.2) is 0 Å². The zero-order valence-electron chi connectivity index (χ0n) is 10.9. The van der Waals surface area contributed by atoms with Gasteiger partial charge in [-0.15, -0.1) is 0 Å². The molecule has 106 valence electrons. The Morgan fingerprint density at radius 1 is 1.30 bits per heavy atom. The van der Waals surface area contributed by atoms with E-state index in [1.54, 1.807) is 12.1 Å². The maximum absolute atomic E-state index is 11.6. The van der Waals surface area contributed by atoms with E-state index in [2.05, 4.69) is 10.5 Å². The van der Waals surface area contributed by atoms with E-state index in [4.69, 9.17) is 4.84 Å². The highest BCUT2D eigenvalue weighted by atomic mass is 16.6. The number of nitro groups is 1. The highest BCUT2D eigenvalue weighted by molar-refractivity contribution is 6.38. The summed E-state index contributed by atoms with van der Waals surface area (Å²) >= 11 is 0. The fourth-order valence-corrected chi connectivity index (χ4v) is 1.82. The van der Waals surface area contributed by atoms with Gasteiger partial charge in [0.05, 0.1) is 4.92 Å².